The maximum absolute atomic E-state index is 14.7. The SMILES string of the molecule is CSCC[C@H](NC(=O)[C@@H]1CCCN1C(=O)[C@@H](N)Cc1c[nH]c2ccccc12)C(=O)N[C@@H](Cc1c[nH]c2ccccc12)C(=O)N[C@@H](CCCCN)C(=O)N[C@@H](CCCN=C(N)N)C(=O)NCC(=O)N[C@@H](CCCN=C(N)N)C(N)=O. The number of aromatic nitrogens is 2. The molecule has 0 spiro atoms. The molecule has 1 saturated heterocycles. The summed E-state index contributed by atoms with van der Waals surface area (Å²) in [6, 6.07) is 7.15. The van der Waals surface area contributed by atoms with Crippen LogP contribution in [0.5, 0.6) is 0 Å². The largest absolute Gasteiger partial charge is 0.370 e. The summed E-state index contributed by atoms with van der Waals surface area (Å²) in [5.41, 5.74) is 42.8. The summed E-state index contributed by atoms with van der Waals surface area (Å²) in [5, 5.41) is 18.0. The van der Waals surface area contributed by atoms with Crippen molar-refractivity contribution in [1.82, 2.24) is 46.8 Å². The van der Waals surface area contributed by atoms with Gasteiger partial charge in [0.1, 0.15) is 36.3 Å². The Balaban J connectivity index is 1.33. The Kier molecular flexibility index (Phi) is 24.7. The maximum atomic E-state index is 14.7. The molecule has 79 heavy (non-hydrogen) atoms. The van der Waals surface area contributed by atoms with E-state index in [9.17, 15) is 38.4 Å². The number of primary amides is 1. The fourth-order valence-corrected chi connectivity index (χ4v) is 9.79. The Morgan fingerprint density at radius 2 is 1.16 bits per heavy atom. The molecule has 2 aromatic heterocycles. The monoisotopic (exact) mass is 1110 g/mol. The molecule has 430 valence electrons. The number of thioether (sulfide) groups is 1. The first-order valence-corrected chi connectivity index (χ1v) is 27.8. The van der Waals surface area contributed by atoms with Gasteiger partial charge in [0.05, 0.1) is 12.6 Å². The molecule has 0 unspecified atom stereocenters. The van der Waals surface area contributed by atoms with Crippen LogP contribution in [0.25, 0.3) is 21.8 Å². The standard InChI is InChI=1S/C52H78N18O8S/c1-79-24-19-40(68-49(77)42-18-10-23-70(42)50(78)34(54)25-30-27-62-35-13-4-2-11-32(30)35)47(75)69-41(26-31-28-63-36-14-5-3-12-33(31)36)48(76)67-39(15-6-7-20-53)46(74)66-38(17-9-22-61-52(58)59)45(73)64-29-43(71)65-37(44(55)72)16-8-21-60-51(56)57/h2-5,11-14,27-28,34,37-42,62-63H,6-10,15-26,29,53-54H2,1H3,(H2,55,72)(H,64,73)(H,65,71)(H,66,74)(H,67,76)(H,68,77)(H,69,75)(H4,56,57,60)(H4,58,59,61)/t34-,37-,38-,39-,40-,41-,42-/m0/s1. The number of nitrogens with one attached hydrogen (secondary N) is 8. The minimum Gasteiger partial charge on any atom is -0.370 e. The van der Waals surface area contributed by atoms with Crippen LogP contribution in [0.2, 0.25) is 0 Å². The number of amides is 8. The third kappa shape index (κ3) is 19.2. The van der Waals surface area contributed by atoms with E-state index in [0.717, 1.165) is 27.4 Å². The van der Waals surface area contributed by atoms with Crippen molar-refractivity contribution in [3.8, 4) is 0 Å². The van der Waals surface area contributed by atoms with Gasteiger partial charge in [0, 0.05) is 60.3 Å². The highest BCUT2D eigenvalue weighted by atomic mass is 32.2. The Bertz CT molecular complexity index is 2780. The number of para-hydroxylation sites is 2. The number of aliphatic imine (C=N–C) groups is 2. The molecule has 0 saturated carbocycles. The Hall–Kier alpha value is -7.91. The molecule has 5 rings (SSSR count). The Morgan fingerprint density at radius 1 is 0.646 bits per heavy atom. The first-order valence-electron chi connectivity index (χ1n) is 26.4. The second-order valence-corrected chi connectivity index (χ2v) is 20.4. The molecular formula is C52H78N18O8S. The minimum absolute atomic E-state index is 0.0128. The highest BCUT2D eigenvalue weighted by Crippen LogP contribution is 2.24. The van der Waals surface area contributed by atoms with Gasteiger partial charge in [-0.15, -0.1) is 0 Å². The molecule has 27 heteroatoms. The Labute approximate surface area is 462 Å². The molecular weight excluding hydrogens is 1040 g/mol. The van der Waals surface area contributed by atoms with Crippen LogP contribution in [-0.2, 0) is 51.2 Å². The summed E-state index contributed by atoms with van der Waals surface area (Å²) in [7, 11) is 0. The zero-order valence-electron chi connectivity index (χ0n) is 44.6. The number of likely N-dealkylation sites (tertiary alicyclic amines) is 1. The van der Waals surface area contributed by atoms with Crippen molar-refractivity contribution in [3.05, 3.63) is 72.1 Å². The van der Waals surface area contributed by atoms with Crippen LogP contribution in [0.1, 0.15) is 75.3 Å². The smallest absolute Gasteiger partial charge is 0.243 e. The highest BCUT2D eigenvalue weighted by Gasteiger charge is 2.39. The lowest BCUT2D eigenvalue weighted by molar-refractivity contribution is -0.140. The Morgan fingerprint density at radius 3 is 1.73 bits per heavy atom. The van der Waals surface area contributed by atoms with Crippen LogP contribution in [0, 0.1) is 0 Å². The van der Waals surface area contributed by atoms with Crippen LogP contribution >= 0.6 is 11.8 Å². The number of H-pyrrole nitrogens is 2. The van der Waals surface area contributed by atoms with E-state index in [1.165, 1.54) is 16.7 Å². The van der Waals surface area contributed by atoms with Gasteiger partial charge >= 0.3 is 0 Å². The van der Waals surface area contributed by atoms with Crippen molar-refractivity contribution in [1.29, 1.82) is 0 Å². The molecule has 7 atom stereocenters. The number of nitrogens with two attached hydrogens (primary N) is 7. The van der Waals surface area contributed by atoms with E-state index in [0.29, 0.717) is 50.0 Å². The highest BCUT2D eigenvalue weighted by molar-refractivity contribution is 7.98. The number of hydrogen-bond acceptors (Lipinski definition) is 13. The number of aromatic amines is 2. The summed E-state index contributed by atoms with van der Waals surface area (Å²) in [4.78, 5) is 126. The predicted octanol–water partition coefficient (Wildman–Crippen LogP) is -2.23. The van der Waals surface area contributed by atoms with E-state index in [-0.39, 0.29) is 76.5 Å². The first-order chi connectivity index (χ1) is 37.9. The molecule has 4 aromatic rings. The molecule has 26 nitrogen and oxygen atoms in total. The van der Waals surface area contributed by atoms with E-state index in [1.807, 2.05) is 61.0 Å². The summed E-state index contributed by atoms with van der Waals surface area (Å²) in [5.74, 6) is -5.32. The number of unbranched alkanes of at least 4 members (excludes halogenated alkanes) is 1. The second kappa shape index (κ2) is 31.5. The topological polar surface area (TPSA) is 450 Å². The number of fused-ring (bicyclic) bond motifs is 2. The van der Waals surface area contributed by atoms with Gasteiger partial charge in [-0.05, 0) is 112 Å². The summed E-state index contributed by atoms with van der Waals surface area (Å²) >= 11 is 1.45. The molecule has 1 aliphatic rings. The summed E-state index contributed by atoms with van der Waals surface area (Å²) in [6.07, 6.45) is 8.19. The predicted molar refractivity (Wildman–Crippen MR) is 304 cm³/mol. The number of nitrogens with zero attached hydrogens (tertiary/aromatic N) is 3. The first kappa shape index (κ1) is 61.9. The van der Waals surface area contributed by atoms with Gasteiger partial charge in [0.2, 0.25) is 47.3 Å². The summed E-state index contributed by atoms with van der Waals surface area (Å²) in [6.45, 7) is 0.252. The zero-order chi connectivity index (χ0) is 57.4. The third-order valence-electron chi connectivity index (χ3n) is 13.5. The van der Waals surface area contributed by atoms with E-state index in [2.05, 4.69) is 51.9 Å². The van der Waals surface area contributed by atoms with Gasteiger partial charge in [-0.1, -0.05) is 36.4 Å². The van der Waals surface area contributed by atoms with E-state index < -0.39 is 96.1 Å². The molecule has 3 heterocycles. The van der Waals surface area contributed by atoms with Gasteiger partial charge in [0.25, 0.3) is 0 Å². The van der Waals surface area contributed by atoms with Gasteiger partial charge in [-0.2, -0.15) is 11.8 Å². The van der Waals surface area contributed by atoms with Crippen molar-refractivity contribution in [2.45, 2.75) is 119 Å². The van der Waals surface area contributed by atoms with Crippen molar-refractivity contribution < 1.29 is 38.4 Å². The molecule has 2 aromatic carbocycles. The van der Waals surface area contributed by atoms with E-state index in [1.54, 1.807) is 6.20 Å². The second-order valence-electron chi connectivity index (χ2n) is 19.4. The average Bonchev–Trinajstić information content (AvgIpc) is 4.29. The molecule has 0 aliphatic carbocycles. The minimum atomic E-state index is -1.31. The third-order valence-corrected chi connectivity index (χ3v) is 14.1. The van der Waals surface area contributed by atoms with Crippen LogP contribution in [0.3, 0.4) is 0 Å². The van der Waals surface area contributed by atoms with Crippen molar-refractivity contribution >= 4 is 92.7 Å². The van der Waals surface area contributed by atoms with Crippen molar-refractivity contribution in [2.24, 2.45) is 50.1 Å². The molecule has 1 fully saturated rings. The van der Waals surface area contributed by atoms with Crippen LogP contribution in [0.15, 0.2) is 70.9 Å². The van der Waals surface area contributed by atoms with Crippen LogP contribution in [0.4, 0.5) is 0 Å². The lowest BCUT2D eigenvalue weighted by atomic mass is 10.0. The number of benzene rings is 2. The lowest BCUT2D eigenvalue weighted by Gasteiger charge is -2.29. The number of carbonyl (C=O) groups excluding carboxylic acids is 8. The normalized spacial score (nSPS) is 15.4. The molecule has 0 bridgehead atoms. The number of carbonyl (C=O) groups is 8. The van der Waals surface area contributed by atoms with Crippen molar-refractivity contribution in [3.63, 3.8) is 0 Å². The summed E-state index contributed by atoms with van der Waals surface area (Å²) < 4.78 is 0. The maximum Gasteiger partial charge on any atom is 0.243 e. The van der Waals surface area contributed by atoms with Crippen molar-refractivity contribution in [2.75, 3.05) is 44.7 Å². The number of hydrogen-bond donors (Lipinski definition) is 15. The molecule has 8 amide bonds. The van der Waals surface area contributed by atoms with E-state index >= 15 is 0 Å². The molecule has 1 aliphatic heterocycles. The zero-order valence-corrected chi connectivity index (χ0v) is 45.4. The van der Waals surface area contributed by atoms with E-state index in [4.69, 9.17) is 40.1 Å². The fourth-order valence-electron chi connectivity index (χ4n) is 9.32. The van der Waals surface area contributed by atoms with Crippen LogP contribution in [-0.4, -0.2) is 161 Å². The van der Waals surface area contributed by atoms with Gasteiger partial charge in [0.15, 0.2) is 11.9 Å². The molecule has 0 radical (unpaired) electrons. The number of rotatable bonds is 33. The van der Waals surface area contributed by atoms with Gasteiger partial charge in [-0.3, -0.25) is 48.3 Å². The molecule has 22 N–H and O–H groups in total. The quantitative estimate of drug-likeness (QED) is 0.0136. The average molecular weight is 1120 g/mol. The van der Waals surface area contributed by atoms with Gasteiger partial charge < -0.3 is 86.9 Å². The van der Waals surface area contributed by atoms with Gasteiger partial charge in [-0.25, -0.2) is 0 Å². The van der Waals surface area contributed by atoms with Crippen LogP contribution < -0.4 is 72.0 Å². The lowest BCUT2D eigenvalue weighted by Crippen LogP contribution is -2.60. The number of guanidine groups is 2. The fraction of sp³-hybridized carbons (Fsp3) is 0.500.